The maximum absolute atomic E-state index is 6.07. The molecule has 0 fully saturated rings. The summed E-state index contributed by atoms with van der Waals surface area (Å²) in [7, 11) is 1.70. The van der Waals surface area contributed by atoms with Gasteiger partial charge in [-0.2, -0.15) is 0 Å². The maximum Gasteiger partial charge on any atom is 0.173 e. The zero-order valence-electron chi connectivity index (χ0n) is 14.2. The van der Waals surface area contributed by atoms with Crippen LogP contribution in [0.1, 0.15) is 24.9 Å². The van der Waals surface area contributed by atoms with E-state index in [1.165, 1.54) is 0 Å². The Labute approximate surface area is 164 Å². The van der Waals surface area contributed by atoms with Gasteiger partial charge in [-0.05, 0) is 61.5 Å². The molecule has 0 spiro atoms. The molecule has 0 saturated heterocycles. The summed E-state index contributed by atoms with van der Waals surface area (Å²) >= 11 is 17.8. The molecule has 1 unspecified atom stereocenters. The van der Waals surface area contributed by atoms with Crippen molar-refractivity contribution in [3.8, 4) is 0 Å². The lowest BCUT2D eigenvalue weighted by Crippen LogP contribution is -2.38. The number of nitrogens with one attached hydrogen (secondary N) is 1. The van der Waals surface area contributed by atoms with Gasteiger partial charge in [0.25, 0.3) is 0 Å². The van der Waals surface area contributed by atoms with Crippen LogP contribution in [0.15, 0.2) is 42.7 Å². The molecule has 134 valence electrons. The molecule has 1 N–H and O–H groups in total. The van der Waals surface area contributed by atoms with E-state index in [0.717, 1.165) is 24.2 Å². The highest BCUT2D eigenvalue weighted by Crippen LogP contribution is 2.25. The second-order valence-corrected chi connectivity index (χ2v) is 6.84. The van der Waals surface area contributed by atoms with Crippen LogP contribution in [0, 0.1) is 0 Å². The van der Waals surface area contributed by atoms with Crippen LogP contribution in [0.25, 0.3) is 0 Å². The smallest absolute Gasteiger partial charge is 0.173 e. The summed E-state index contributed by atoms with van der Waals surface area (Å²) in [5.41, 5.74) is 1.90. The number of ether oxygens (including phenoxy) is 1. The zero-order valence-corrected chi connectivity index (χ0v) is 16.5. The van der Waals surface area contributed by atoms with Crippen molar-refractivity contribution >= 4 is 46.2 Å². The molecule has 1 aromatic carbocycles. The first-order valence-corrected chi connectivity index (χ1v) is 9.10. The molecule has 0 saturated carbocycles. The molecule has 4 nitrogen and oxygen atoms in total. The summed E-state index contributed by atoms with van der Waals surface area (Å²) in [6, 6.07) is 9.36. The second-order valence-electron chi connectivity index (χ2n) is 5.58. The summed E-state index contributed by atoms with van der Waals surface area (Å²) in [4.78, 5) is 6.20. The van der Waals surface area contributed by atoms with Crippen LogP contribution in [-0.4, -0.2) is 35.3 Å². The van der Waals surface area contributed by atoms with Crippen LogP contribution in [0.2, 0.25) is 10.0 Å². The minimum absolute atomic E-state index is 0.0921. The molecule has 0 aliphatic heterocycles. The van der Waals surface area contributed by atoms with Gasteiger partial charge in [0.05, 0.1) is 6.04 Å². The molecule has 2 rings (SSSR count). The highest BCUT2D eigenvalue weighted by Gasteiger charge is 2.19. The van der Waals surface area contributed by atoms with Crippen LogP contribution in [0.5, 0.6) is 0 Å². The molecular formula is C18H21Cl2N3OS. The van der Waals surface area contributed by atoms with Crippen molar-refractivity contribution < 1.29 is 4.74 Å². The van der Waals surface area contributed by atoms with Gasteiger partial charge in [-0.1, -0.05) is 23.2 Å². The topological polar surface area (TPSA) is 37.4 Å². The maximum atomic E-state index is 6.07. The van der Waals surface area contributed by atoms with Crippen LogP contribution >= 0.6 is 35.4 Å². The molecule has 0 radical (unpaired) electrons. The Morgan fingerprint density at radius 1 is 1.24 bits per heavy atom. The number of nitrogens with zero attached hydrogens (tertiary/aromatic N) is 2. The van der Waals surface area contributed by atoms with Gasteiger partial charge in [-0.3, -0.25) is 4.98 Å². The van der Waals surface area contributed by atoms with E-state index in [9.17, 15) is 0 Å². The molecule has 1 atom stereocenters. The van der Waals surface area contributed by atoms with Gasteiger partial charge < -0.3 is 15.0 Å². The predicted molar refractivity (Wildman–Crippen MR) is 109 cm³/mol. The zero-order chi connectivity index (χ0) is 18.2. The van der Waals surface area contributed by atoms with Crippen molar-refractivity contribution in [2.45, 2.75) is 19.4 Å². The fourth-order valence-electron chi connectivity index (χ4n) is 2.49. The third kappa shape index (κ3) is 6.12. The fraction of sp³-hybridized carbons (Fsp3) is 0.333. The van der Waals surface area contributed by atoms with Gasteiger partial charge in [0.1, 0.15) is 0 Å². The second kappa shape index (κ2) is 9.92. The number of thiocarbonyl (C=S) groups is 1. The number of pyridine rings is 1. The lowest BCUT2D eigenvalue weighted by molar-refractivity contribution is 0.181. The van der Waals surface area contributed by atoms with E-state index in [4.69, 9.17) is 40.2 Å². The molecule has 0 bridgehead atoms. The Bertz CT molecular complexity index is 680. The van der Waals surface area contributed by atoms with Crippen molar-refractivity contribution in [2.24, 2.45) is 0 Å². The lowest BCUT2D eigenvalue weighted by atomic mass is 10.1. The average molecular weight is 398 g/mol. The van der Waals surface area contributed by atoms with Crippen molar-refractivity contribution in [3.05, 3.63) is 58.3 Å². The largest absolute Gasteiger partial charge is 0.385 e. The van der Waals surface area contributed by atoms with Crippen molar-refractivity contribution in [2.75, 3.05) is 25.6 Å². The Hall–Kier alpha value is -1.40. The average Bonchev–Trinajstić information content (AvgIpc) is 2.58. The molecule has 25 heavy (non-hydrogen) atoms. The third-order valence-electron chi connectivity index (χ3n) is 3.78. The third-order valence-corrected chi connectivity index (χ3v) is 4.55. The molecule has 0 amide bonds. The predicted octanol–water partition coefficient (Wildman–Crippen LogP) is 5.18. The van der Waals surface area contributed by atoms with Crippen LogP contribution < -0.4 is 5.32 Å². The van der Waals surface area contributed by atoms with Gasteiger partial charge in [0, 0.05) is 48.4 Å². The van der Waals surface area contributed by atoms with Gasteiger partial charge in [0.15, 0.2) is 5.11 Å². The Balaban J connectivity index is 2.17. The SMILES string of the molecule is COCCCN(C(=S)Nc1cc(Cl)cc(Cl)c1)C(C)c1ccncc1. The Kier molecular flexibility index (Phi) is 7.90. The van der Waals surface area contributed by atoms with E-state index in [-0.39, 0.29) is 6.04 Å². The monoisotopic (exact) mass is 397 g/mol. The van der Waals surface area contributed by atoms with E-state index >= 15 is 0 Å². The number of hydrogen-bond donors (Lipinski definition) is 1. The molecular weight excluding hydrogens is 377 g/mol. The quantitative estimate of drug-likeness (QED) is 0.514. The Morgan fingerprint density at radius 2 is 1.88 bits per heavy atom. The first kappa shape index (κ1) is 19.9. The number of halogens is 2. The van der Waals surface area contributed by atoms with Gasteiger partial charge in [0.2, 0.25) is 0 Å². The number of benzene rings is 1. The molecule has 2 aromatic rings. The van der Waals surface area contributed by atoms with Crippen LogP contribution in [0.4, 0.5) is 5.69 Å². The minimum atomic E-state index is 0.0921. The minimum Gasteiger partial charge on any atom is -0.385 e. The number of rotatable bonds is 7. The first-order chi connectivity index (χ1) is 12.0. The summed E-state index contributed by atoms with van der Waals surface area (Å²) in [5, 5.41) is 4.97. The molecule has 1 aromatic heterocycles. The number of anilines is 1. The Morgan fingerprint density at radius 3 is 2.48 bits per heavy atom. The van der Waals surface area contributed by atoms with Crippen molar-refractivity contribution in [1.29, 1.82) is 0 Å². The number of aromatic nitrogens is 1. The highest BCUT2D eigenvalue weighted by atomic mass is 35.5. The molecule has 1 heterocycles. The van der Waals surface area contributed by atoms with Crippen LogP contribution in [-0.2, 0) is 4.74 Å². The number of methoxy groups -OCH3 is 1. The van der Waals surface area contributed by atoms with Gasteiger partial charge in [-0.25, -0.2) is 0 Å². The van der Waals surface area contributed by atoms with Gasteiger partial charge in [-0.15, -0.1) is 0 Å². The van der Waals surface area contributed by atoms with Crippen molar-refractivity contribution in [1.82, 2.24) is 9.88 Å². The van der Waals surface area contributed by atoms with E-state index in [2.05, 4.69) is 22.1 Å². The fourth-order valence-corrected chi connectivity index (χ4v) is 3.39. The lowest BCUT2D eigenvalue weighted by Gasteiger charge is -2.32. The van der Waals surface area contributed by atoms with E-state index in [1.54, 1.807) is 37.7 Å². The first-order valence-electron chi connectivity index (χ1n) is 7.94. The van der Waals surface area contributed by atoms with E-state index < -0.39 is 0 Å². The van der Waals surface area contributed by atoms with Gasteiger partial charge >= 0.3 is 0 Å². The normalized spacial score (nSPS) is 11.8. The number of hydrogen-bond acceptors (Lipinski definition) is 3. The molecule has 7 heteroatoms. The van der Waals surface area contributed by atoms with E-state index in [1.807, 2.05) is 12.1 Å². The van der Waals surface area contributed by atoms with E-state index in [0.29, 0.717) is 21.8 Å². The standard InChI is InChI=1S/C18H21Cl2N3OS/c1-13(14-4-6-21-7-5-14)23(8-3-9-24-2)18(25)22-17-11-15(19)10-16(20)12-17/h4-7,10-13H,3,8-9H2,1-2H3,(H,22,25). The molecule has 0 aliphatic carbocycles. The van der Waals surface area contributed by atoms with Crippen LogP contribution in [0.3, 0.4) is 0 Å². The summed E-state index contributed by atoms with van der Waals surface area (Å²) < 4.78 is 5.17. The summed E-state index contributed by atoms with van der Waals surface area (Å²) in [6.07, 6.45) is 4.43. The summed E-state index contributed by atoms with van der Waals surface area (Å²) in [6.45, 7) is 3.55. The molecule has 0 aliphatic rings. The summed E-state index contributed by atoms with van der Waals surface area (Å²) in [5.74, 6) is 0. The highest BCUT2D eigenvalue weighted by molar-refractivity contribution is 7.80. The van der Waals surface area contributed by atoms with Crippen molar-refractivity contribution in [3.63, 3.8) is 0 Å².